The Labute approximate surface area is 146 Å². The molecule has 1 saturated heterocycles. The molecule has 0 spiro atoms. The van der Waals surface area contributed by atoms with Gasteiger partial charge in [0.2, 0.25) is 0 Å². The standard InChI is InChI=1S/C18H24N6O/c1-3-24-17(21-22(2)18(24)25)13-7-6-10-23(11-13)12-16-19-14-8-4-5-9-15(14)20-16/h4-5,8-9,13H,3,6-7,10-12H2,1-2H3,(H,19,20). The summed E-state index contributed by atoms with van der Waals surface area (Å²) in [7, 11) is 1.73. The Balaban J connectivity index is 1.53. The lowest BCUT2D eigenvalue weighted by atomic mass is 9.97. The van der Waals surface area contributed by atoms with Crippen LogP contribution in [-0.4, -0.2) is 42.3 Å². The minimum Gasteiger partial charge on any atom is -0.341 e. The fourth-order valence-electron chi connectivity index (χ4n) is 3.82. The topological polar surface area (TPSA) is 71.7 Å². The Morgan fingerprint density at radius 3 is 2.96 bits per heavy atom. The summed E-state index contributed by atoms with van der Waals surface area (Å²) >= 11 is 0. The molecule has 7 heteroatoms. The maximum absolute atomic E-state index is 12.2. The average Bonchev–Trinajstić information content (AvgIpc) is 3.15. The summed E-state index contributed by atoms with van der Waals surface area (Å²) in [6, 6.07) is 8.11. The molecule has 0 amide bonds. The van der Waals surface area contributed by atoms with Crippen LogP contribution in [0.5, 0.6) is 0 Å². The minimum atomic E-state index is -0.0214. The molecule has 1 N–H and O–H groups in total. The second-order valence-electron chi connectivity index (χ2n) is 6.78. The molecule has 0 saturated carbocycles. The van der Waals surface area contributed by atoms with Gasteiger partial charge in [-0.2, -0.15) is 5.10 Å². The summed E-state index contributed by atoms with van der Waals surface area (Å²) in [5, 5.41) is 4.50. The number of aryl methyl sites for hydroxylation is 1. The third-order valence-electron chi connectivity index (χ3n) is 5.04. The summed E-state index contributed by atoms with van der Waals surface area (Å²) in [6.45, 7) is 5.43. The molecule has 1 unspecified atom stereocenters. The van der Waals surface area contributed by atoms with Crippen molar-refractivity contribution < 1.29 is 0 Å². The van der Waals surface area contributed by atoms with Crippen LogP contribution >= 0.6 is 0 Å². The van der Waals surface area contributed by atoms with Crippen molar-refractivity contribution in [2.24, 2.45) is 7.05 Å². The zero-order valence-electron chi connectivity index (χ0n) is 14.8. The Kier molecular flexibility index (Phi) is 4.17. The number of nitrogens with one attached hydrogen (secondary N) is 1. The van der Waals surface area contributed by atoms with Crippen molar-refractivity contribution in [3.05, 3.63) is 46.4 Å². The first-order valence-electron chi connectivity index (χ1n) is 8.95. The van der Waals surface area contributed by atoms with Crippen LogP contribution in [0.4, 0.5) is 0 Å². The van der Waals surface area contributed by atoms with Crippen LogP contribution in [0.3, 0.4) is 0 Å². The number of imidazole rings is 1. The van der Waals surface area contributed by atoms with Crippen molar-refractivity contribution in [3.8, 4) is 0 Å². The molecule has 0 aliphatic carbocycles. The number of hydrogen-bond acceptors (Lipinski definition) is 4. The van der Waals surface area contributed by atoms with E-state index < -0.39 is 0 Å². The van der Waals surface area contributed by atoms with Gasteiger partial charge in [-0.25, -0.2) is 14.5 Å². The van der Waals surface area contributed by atoms with E-state index >= 15 is 0 Å². The molecule has 1 aromatic carbocycles. The number of nitrogens with zero attached hydrogens (tertiary/aromatic N) is 5. The highest BCUT2D eigenvalue weighted by Gasteiger charge is 2.27. The molecule has 25 heavy (non-hydrogen) atoms. The van der Waals surface area contributed by atoms with Crippen molar-refractivity contribution >= 4 is 11.0 Å². The third-order valence-corrected chi connectivity index (χ3v) is 5.04. The number of aromatic nitrogens is 5. The fourth-order valence-corrected chi connectivity index (χ4v) is 3.82. The van der Waals surface area contributed by atoms with Crippen LogP contribution in [0, 0.1) is 0 Å². The molecule has 1 aliphatic rings. The van der Waals surface area contributed by atoms with E-state index in [1.807, 2.05) is 25.1 Å². The Morgan fingerprint density at radius 1 is 1.32 bits per heavy atom. The van der Waals surface area contributed by atoms with Gasteiger partial charge in [-0.3, -0.25) is 9.47 Å². The predicted molar refractivity (Wildman–Crippen MR) is 96.5 cm³/mol. The van der Waals surface area contributed by atoms with E-state index in [0.29, 0.717) is 12.5 Å². The van der Waals surface area contributed by atoms with Gasteiger partial charge in [-0.15, -0.1) is 0 Å². The van der Waals surface area contributed by atoms with Crippen molar-refractivity contribution in [2.75, 3.05) is 13.1 Å². The average molecular weight is 340 g/mol. The first-order chi connectivity index (χ1) is 12.2. The fraction of sp³-hybridized carbons (Fsp3) is 0.500. The van der Waals surface area contributed by atoms with Crippen LogP contribution in [0.2, 0.25) is 0 Å². The number of aromatic amines is 1. The van der Waals surface area contributed by atoms with Crippen LogP contribution in [0.25, 0.3) is 11.0 Å². The first-order valence-corrected chi connectivity index (χ1v) is 8.95. The molecule has 1 fully saturated rings. The third kappa shape index (κ3) is 3.00. The zero-order chi connectivity index (χ0) is 17.4. The van der Waals surface area contributed by atoms with E-state index in [0.717, 1.165) is 55.2 Å². The lowest BCUT2D eigenvalue weighted by Gasteiger charge is -2.31. The monoisotopic (exact) mass is 340 g/mol. The van der Waals surface area contributed by atoms with Crippen LogP contribution < -0.4 is 5.69 Å². The second kappa shape index (κ2) is 6.48. The number of H-pyrrole nitrogens is 1. The van der Waals surface area contributed by atoms with Gasteiger partial charge in [0.1, 0.15) is 11.6 Å². The molecule has 2 aromatic heterocycles. The smallest absolute Gasteiger partial charge is 0.341 e. The highest BCUT2D eigenvalue weighted by atomic mass is 16.2. The number of fused-ring (bicyclic) bond motifs is 1. The number of piperidine rings is 1. The van der Waals surface area contributed by atoms with Gasteiger partial charge in [0.25, 0.3) is 0 Å². The Bertz CT molecular complexity index is 904. The molecule has 4 rings (SSSR count). The zero-order valence-corrected chi connectivity index (χ0v) is 14.8. The maximum atomic E-state index is 12.2. The van der Waals surface area contributed by atoms with E-state index in [1.165, 1.54) is 4.68 Å². The van der Waals surface area contributed by atoms with E-state index in [-0.39, 0.29) is 5.69 Å². The quantitative estimate of drug-likeness (QED) is 0.787. The van der Waals surface area contributed by atoms with Crippen LogP contribution in [0.15, 0.2) is 29.1 Å². The second-order valence-corrected chi connectivity index (χ2v) is 6.78. The highest BCUT2D eigenvalue weighted by Crippen LogP contribution is 2.26. The lowest BCUT2D eigenvalue weighted by Crippen LogP contribution is -2.35. The molecule has 3 heterocycles. The summed E-state index contributed by atoms with van der Waals surface area (Å²) in [6.07, 6.45) is 2.19. The molecule has 7 nitrogen and oxygen atoms in total. The molecular weight excluding hydrogens is 316 g/mol. The number of rotatable bonds is 4. The SMILES string of the molecule is CCn1c(C2CCCN(Cc3nc4ccccc4[nH]3)C2)nn(C)c1=O. The molecule has 0 bridgehead atoms. The molecule has 3 aromatic rings. The van der Waals surface area contributed by atoms with Gasteiger partial charge in [0, 0.05) is 26.1 Å². The molecule has 0 radical (unpaired) electrons. The number of likely N-dealkylation sites (tertiary alicyclic amines) is 1. The van der Waals surface area contributed by atoms with E-state index in [9.17, 15) is 4.79 Å². The van der Waals surface area contributed by atoms with E-state index in [1.54, 1.807) is 11.6 Å². The first kappa shape index (κ1) is 16.1. The summed E-state index contributed by atoms with van der Waals surface area (Å²) in [4.78, 5) is 22.7. The highest BCUT2D eigenvalue weighted by molar-refractivity contribution is 5.74. The Hall–Kier alpha value is -2.41. The van der Waals surface area contributed by atoms with Gasteiger partial charge >= 0.3 is 5.69 Å². The molecule has 1 aliphatic heterocycles. The summed E-state index contributed by atoms with van der Waals surface area (Å²) in [5.74, 6) is 2.21. The van der Waals surface area contributed by atoms with E-state index in [4.69, 9.17) is 0 Å². The van der Waals surface area contributed by atoms with Gasteiger partial charge in [-0.1, -0.05) is 12.1 Å². The van der Waals surface area contributed by atoms with Crippen LogP contribution in [0.1, 0.15) is 37.3 Å². The van der Waals surface area contributed by atoms with Crippen molar-refractivity contribution in [1.29, 1.82) is 0 Å². The molecule has 1 atom stereocenters. The van der Waals surface area contributed by atoms with Gasteiger partial charge in [0.05, 0.1) is 17.6 Å². The van der Waals surface area contributed by atoms with Gasteiger partial charge in [0.15, 0.2) is 0 Å². The summed E-state index contributed by atoms with van der Waals surface area (Å²) in [5.41, 5.74) is 2.07. The Morgan fingerprint density at radius 2 is 2.16 bits per heavy atom. The minimum absolute atomic E-state index is 0.0214. The maximum Gasteiger partial charge on any atom is 0.345 e. The normalized spacial score (nSPS) is 18.9. The predicted octanol–water partition coefficient (Wildman–Crippen LogP) is 1.86. The molecular formula is C18H24N6O. The van der Waals surface area contributed by atoms with Crippen LogP contribution in [-0.2, 0) is 20.1 Å². The number of benzene rings is 1. The van der Waals surface area contributed by atoms with Gasteiger partial charge < -0.3 is 4.98 Å². The number of hydrogen-bond donors (Lipinski definition) is 1. The van der Waals surface area contributed by atoms with Crippen molar-refractivity contribution in [1.82, 2.24) is 29.2 Å². The summed E-state index contributed by atoms with van der Waals surface area (Å²) < 4.78 is 3.26. The van der Waals surface area contributed by atoms with Crippen molar-refractivity contribution in [3.63, 3.8) is 0 Å². The molecule has 132 valence electrons. The largest absolute Gasteiger partial charge is 0.345 e. The van der Waals surface area contributed by atoms with Gasteiger partial charge in [-0.05, 0) is 38.4 Å². The lowest BCUT2D eigenvalue weighted by molar-refractivity contribution is 0.190. The van der Waals surface area contributed by atoms with E-state index in [2.05, 4.69) is 26.0 Å². The van der Waals surface area contributed by atoms with Crippen molar-refractivity contribution in [2.45, 2.75) is 38.8 Å². The number of para-hydroxylation sites is 2.